The van der Waals surface area contributed by atoms with Gasteiger partial charge in [0.1, 0.15) is 0 Å². The third-order valence-corrected chi connectivity index (χ3v) is 4.75. The number of benzene rings is 3. The Morgan fingerprint density at radius 2 is 1.59 bits per heavy atom. The molecule has 3 heteroatoms. The zero-order valence-electron chi connectivity index (χ0n) is 15.4. The standard InChI is InChI=1S/C24H22N2O/c1-18-11-13-21(14-12-18)25-24(27)15-20-17-26(16-19-7-3-2-4-8-19)23-10-6-5-9-22(20)23/h2-14,17H,15-16H2,1H3,(H,25,27). The molecule has 134 valence electrons. The van der Waals surface area contributed by atoms with E-state index >= 15 is 0 Å². The summed E-state index contributed by atoms with van der Waals surface area (Å²) in [5.74, 6) is 0.00136. The summed E-state index contributed by atoms with van der Waals surface area (Å²) in [4.78, 5) is 12.6. The maximum Gasteiger partial charge on any atom is 0.228 e. The van der Waals surface area contributed by atoms with E-state index < -0.39 is 0 Å². The summed E-state index contributed by atoms with van der Waals surface area (Å²) in [6.45, 7) is 2.83. The van der Waals surface area contributed by atoms with Crippen molar-refractivity contribution in [3.8, 4) is 0 Å². The van der Waals surface area contributed by atoms with E-state index in [-0.39, 0.29) is 5.91 Å². The summed E-state index contributed by atoms with van der Waals surface area (Å²) in [5, 5.41) is 4.13. The van der Waals surface area contributed by atoms with Gasteiger partial charge in [0, 0.05) is 29.3 Å². The quantitative estimate of drug-likeness (QED) is 0.526. The number of hydrogen-bond acceptors (Lipinski definition) is 1. The molecule has 0 spiro atoms. The van der Waals surface area contributed by atoms with Gasteiger partial charge >= 0.3 is 0 Å². The summed E-state index contributed by atoms with van der Waals surface area (Å²) >= 11 is 0. The van der Waals surface area contributed by atoms with Crippen LogP contribution in [-0.2, 0) is 17.8 Å². The molecule has 1 heterocycles. The number of nitrogens with zero attached hydrogens (tertiary/aromatic N) is 1. The van der Waals surface area contributed by atoms with E-state index in [1.54, 1.807) is 0 Å². The van der Waals surface area contributed by atoms with E-state index in [0.29, 0.717) is 6.42 Å². The third-order valence-electron chi connectivity index (χ3n) is 4.75. The molecule has 0 radical (unpaired) electrons. The van der Waals surface area contributed by atoms with Crippen molar-refractivity contribution in [3.63, 3.8) is 0 Å². The summed E-state index contributed by atoms with van der Waals surface area (Å²) in [6, 6.07) is 26.5. The Bertz CT molecular complexity index is 1060. The first kappa shape index (κ1) is 17.1. The second-order valence-electron chi connectivity index (χ2n) is 6.88. The van der Waals surface area contributed by atoms with Gasteiger partial charge in [0.2, 0.25) is 5.91 Å². The topological polar surface area (TPSA) is 34.0 Å². The average Bonchev–Trinajstić information content (AvgIpc) is 3.02. The largest absolute Gasteiger partial charge is 0.343 e. The summed E-state index contributed by atoms with van der Waals surface area (Å²) in [6.07, 6.45) is 2.46. The number of rotatable bonds is 5. The molecule has 0 unspecified atom stereocenters. The molecule has 1 amide bonds. The van der Waals surface area contributed by atoms with Crippen LogP contribution in [-0.4, -0.2) is 10.5 Å². The number of carbonyl (C=O) groups excluding carboxylic acids is 1. The molecular weight excluding hydrogens is 332 g/mol. The molecule has 4 rings (SSSR count). The van der Waals surface area contributed by atoms with Crippen LogP contribution in [0.25, 0.3) is 10.9 Å². The molecule has 1 N–H and O–H groups in total. The van der Waals surface area contributed by atoms with Crippen LogP contribution in [0, 0.1) is 6.92 Å². The number of nitrogens with one attached hydrogen (secondary N) is 1. The van der Waals surface area contributed by atoms with Gasteiger partial charge in [0.25, 0.3) is 0 Å². The second-order valence-corrected chi connectivity index (χ2v) is 6.88. The van der Waals surface area contributed by atoms with Crippen LogP contribution in [0.1, 0.15) is 16.7 Å². The molecule has 1 aromatic heterocycles. The highest BCUT2D eigenvalue weighted by Gasteiger charge is 2.12. The lowest BCUT2D eigenvalue weighted by atomic mass is 10.1. The molecule has 0 aliphatic rings. The number of aryl methyl sites for hydroxylation is 1. The average molecular weight is 354 g/mol. The van der Waals surface area contributed by atoms with Crippen LogP contribution in [0.3, 0.4) is 0 Å². The van der Waals surface area contributed by atoms with Gasteiger partial charge < -0.3 is 9.88 Å². The molecule has 27 heavy (non-hydrogen) atoms. The number of para-hydroxylation sites is 1. The van der Waals surface area contributed by atoms with Gasteiger partial charge in [-0.15, -0.1) is 0 Å². The maximum atomic E-state index is 12.6. The highest BCUT2D eigenvalue weighted by atomic mass is 16.1. The lowest BCUT2D eigenvalue weighted by Gasteiger charge is -2.05. The number of aromatic nitrogens is 1. The van der Waals surface area contributed by atoms with Crippen molar-refractivity contribution in [2.24, 2.45) is 0 Å². The zero-order chi connectivity index (χ0) is 18.6. The van der Waals surface area contributed by atoms with Crippen molar-refractivity contribution in [1.29, 1.82) is 0 Å². The predicted molar refractivity (Wildman–Crippen MR) is 111 cm³/mol. The van der Waals surface area contributed by atoms with Crippen LogP contribution < -0.4 is 5.32 Å². The lowest BCUT2D eigenvalue weighted by Crippen LogP contribution is -2.14. The minimum Gasteiger partial charge on any atom is -0.343 e. The Morgan fingerprint density at radius 3 is 2.37 bits per heavy atom. The Kier molecular flexibility index (Phi) is 4.75. The fourth-order valence-electron chi connectivity index (χ4n) is 3.39. The van der Waals surface area contributed by atoms with E-state index in [1.165, 1.54) is 11.1 Å². The first-order valence-electron chi connectivity index (χ1n) is 9.16. The van der Waals surface area contributed by atoms with Crippen molar-refractivity contribution in [3.05, 3.63) is 102 Å². The molecule has 0 aliphatic heterocycles. The molecular formula is C24H22N2O. The Labute approximate surface area is 159 Å². The molecule has 0 saturated carbocycles. The number of fused-ring (bicyclic) bond motifs is 1. The third kappa shape index (κ3) is 3.93. The van der Waals surface area contributed by atoms with E-state index in [0.717, 1.165) is 28.7 Å². The number of carbonyl (C=O) groups is 1. The first-order chi connectivity index (χ1) is 13.2. The van der Waals surface area contributed by atoms with Crippen molar-refractivity contribution >= 4 is 22.5 Å². The Hall–Kier alpha value is -3.33. The number of anilines is 1. The van der Waals surface area contributed by atoms with Crippen molar-refractivity contribution in [2.75, 3.05) is 5.32 Å². The SMILES string of the molecule is Cc1ccc(NC(=O)Cc2cn(Cc3ccccc3)c3ccccc23)cc1. The van der Waals surface area contributed by atoms with E-state index in [2.05, 4.69) is 52.5 Å². The Morgan fingerprint density at radius 1 is 0.889 bits per heavy atom. The smallest absolute Gasteiger partial charge is 0.228 e. The molecule has 3 aromatic carbocycles. The van der Waals surface area contributed by atoms with Crippen LogP contribution in [0.5, 0.6) is 0 Å². The summed E-state index contributed by atoms with van der Waals surface area (Å²) in [7, 11) is 0. The molecule has 0 fully saturated rings. The fraction of sp³-hybridized carbons (Fsp3) is 0.125. The van der Waals surface area contributed by atoms with Gasteiger partial charge in [-0.1, -0.05) is 66.2 Å². The lowest BCUT2D eigenvalue weighted by molar-refractivity contribution is -0.115. The van der Waals surface area contributed by atoms with Gasteiger partial charge in [0.05, 0.1) is 6.42 Å². The van der Waals surface area contributed by atoms with Crippen molar-refractivity contribution in [2.45, 2.75) is 19.9 Å². The van der Waals surface area contributed by atoms with Gasteiger partial charge in [-0.25, -0.2) is 0 Å². The van der Waals surface area contributed by atoms with Crippen LogP contribution >= 0.6 is 0 Å². The zero-order valence-corrected chi connectivity index (χ0v) is 15.4. The highest BCUT2D eigenvalue weighted by molar-refractivity contribution is 5.96. The van der Waals surface area contributed by atoms with E-state index in [1.807, 2.05) is 49.4 Å². The van der Waals surface area contributed by atoms with Gasteiger partial charge in [-0.05, 0) is 36.2 Å². The fourth-order valence-corrected chi connectivity index (χ4v) is 3.39. The van der Waals surface area contributed by atoms with Crippen molar-refractivity contribution < 1.29 is 4.79 Å². The molecule has 3 nitrogen and oxygen atoms in total. The van der Waals surface area contributed by atoms with Crippen LogP contribution in [0.4, 0.5) is 5.69 Å². The minimum atomic E-state index is 0.00136. The highest BCUT2D eigenvalue weighted by Crippen LogP contribution is 2.23. The first-order valence-corrected chi connectivity index (χ1v) is 9.16. The van der Waals surface area contributed by atoms with Gasteiger partial charge in [-0.3, -0.25) is 4.79 Å². The predicted octanol–water partition coefficient (Wildman–Crippen LogP) is 5.18. The maximum absolute atomic E-state index is 12.6. The number of hydrogen-bond donors (Lipinski definition) is 1. The van der Waals surface area contributed by atoms with Crippen LogP contribution in [0.2, 0.25) is 0 Å². The molecule has 0 saturated heterocycles. The second kappa shape index (κ2) is 7.50. The normalized spacial score (nSPS) is 10.9. The minimum absolute atomic E-state index is 0.00136. The monoisotopic (exact) mass is 354 g/mol. The molecule has 0 atom stereocenters. The van der Waals surface area contributed by atoms with E-state index in [9.17, 15) is 4.79 Å². The summed E-state index contributed by atoms with van der Waals surface area (Å²) < 4.78 is 2.22. The Balaban J connectivity index is 1.58. The van der Waals surface area contributed by atoms with Gasteiger partial charge in [0.15, 0.2) is 0 Å². The van der Waals surface area contributed by atoms with E-state index in [4.69, 9.17) is 0 Å². The van der Waals surface area contributed by atoms with Crippen LogP contribution in [0.15, 0.2) is 85.1 Å². The van der Waals surface area contributed by atoms with Crippen molar-refractivity contribution in [1.82, 2.24) is 4.57 Å². The molecule has 0 bridgehead atoms. The van der Waals surface area contributed by atoms with Gasteiger partial charge in [-0.2, -0.15) is 0 Å². The molecule has 4 aromatic rings. The number of amides is 1. The molecule has 0 aliphatic carbocycles. The summed E-state index contributed by atoms with van der Waals surface area (Å²) in [5.41, 5.74) is 5.45.